The number of hydrogen-bond acceptors (Lipinski definition) is 4. The zero-order valence-electron chi connectivity index (χ0n) is 20.5. The Labute approximate surface area is 197 Å². The summed E-state index contributed by atoms with van der Waals surface area (Å²) in [6.07, 6.45) is 21.1. The van der Waals surface area contributed by atoms with Crippen LogP contribution in [0.5, 0.6) is 5.75 Å². The van der Waals surface area contributed by atoms with E-state index in [1.165, 1.54) is 96.3 Å². The molecule has 0 aromatic heterocycles. The van der Waals surface area contributed by atoms with E-state index in [0.717, 1.165) is 6.42 Å². The van der Waals surface area contributed by atoms with Gasteiger partial charge in [-0.3, -0.25) is 0 Å². The van der Waals surface area contributed by atoms with Gasteiger partial charge in [0.05, 0.1) is 12.2 Å². The minimum atomic E-state index is -0.678. The van der Waals surface area contributed by atoms with Crippen LogP contribution in [-0.4, -0.2) is 31.0 Å². The molecular weight excluding hydrogens is 398 g/mol. The Hall–Kier alpha value is -1.57. The van der Waals surface area contributed by atoms with Gasteiger partial charge in [0.25, 0.3) is 0 Å². The van der Waals surface area contributed by atoms with E-state index in [-0.39, 0.29) is 13.2 Å². The van der Waals surface area contributed by atoms with E-state index >= 15 is 0 Å². The van der Waals surface area contributed by atoms with Crippen molar-refractivity contribution in [2.45, 2.75) is 116 Å². The average Bonchev–Trinajstić information content (AvgIpc) is 2.82. The molecular formula is C28H47NO3. The molecule has 32 heavy (non-hydrogen) atoms. The average molecular weight is 446 g/mol. The molecule has 0 saturated heterocycles. The van der Waals surface area contributed by atoms with Gasteiger partial charge < -0.3 is 14.6 Å². The van der Waals surface area contributed by atoms with Gasteiger partial charge in [0.15, 0.2) is 0 Å². The second-order valence-corrected chi connectivity index (χ2v) is 8.95. The molecule has 1 aromatic rings. The Morgan fingerprint density at radius 3 is 1.78 bits per heavy atom. The van der Waals surface area contributed by atoms with E-state index in [2.05, 4.69) is 13.0 Å². The summed E-state index contributed by atoms with van der Waals surface area (Å²) in [5.41, 5.74) is 0.480. The fraction of sp³-hybridized carbons (Fsp3) is 0.750. The smallest absolute Gasteiger partial charge is 0.137 e. The standard InChI is InChI=1S/C28H47NO3/c1-2-3-4-5-6-7-8-9-10-11-12-13-14-15-16-19-22-31-24-27(30)25-32-28-21-18-17-20-26(28)23-29/h17-18,20-21,27,30H,2-16,19,22,24-25H2,1H3. The number of nitriles is 1. The van der Waals surface area contributed by atoms with Crippen molar-refractivity contribution >= 4 is 0 Å². The van der Waals surface area contributed by atoms with Crippen LogP contribution in [0.25, 0.3) is 0 Å². The third-order valence-corrected chi connectivity index (χ3v) is 5.89. The zero-order chi connectivity index (χ0) is 23.1. The molecule has 0 amide bonds. The SMILES string of the molecule is CCCCCCCCCCCCCCCCCCOCC(O)COc1ccccc1C#N. The highest BCUT2D eigenvalue weighted by molar-refractivity contribution is 5.42. The van der Waals surface area contributed by atoms with Crippen LogP contribution >= 0.6 is 0 Å². The maximum absolute atomic E-state index is 9.98. The highest BCUT2D eigenvalue weighted by atomic mass is 16.5. The number of hydrogen-bond donors (Lipinski definition) is 1. The van der Waals surface area contributed by atoms with Crippen molar-refractivity contribution in [3.8, 4) is 11.8 Å². The summed E-state index contributed by atoms with van der Waals surface area (Å²) in [6.45, 7) is 3.37. The number of aliphatic hydroxyl groups is 1. The molecule has 0 spiro atoms. The number of aliphatic hydroxyl groups excluding tert-OH is 1. The normalized spacial score (nSPS) is 11.9. The van der Waals surface area contributed by atoms with Gasteiger partial charge in [0.1, 0.15) is 24.5 Å². The van der Waals surface area contributed by atoms with Crippen molar-refractivity contribution < 1.29 is 14.6 Å². The predicted octanol–water partition coefficient (Wildman–Crippen LogP) is 7.58. The quantitative estimate of drug-likeness (QED) is 0.187. The van der Waals surface area contributed by atoms with Gasteiger partial charge in [-0.05, 0) is 18.6 Å². The summed E-state index contributed by atoms with van der Waals surface area (Å²) in [5, 5.41) is 19.0. The Morgan fingerprint density at radius 2 is 1.25 bits per heavy atom. The first-order valence-corrected chi connectivity index (χ1v) is 13.2. The summed E-state index contributed by atoms with van der Waals surface area (Å²) in [6, 6.07) is 9.14. The molecule has 1 rings (SSSR count). The van der Waals surface area contributed by atoms with Crippen LogP contribution in [0.3, 0.4) is 0 Å². The molecule has 1 unspecified atom stereocenters. The number of nitrogens with zero attached hydrogens (tertiary/aromatic N) is 1. The molecule has 0 aliphatic heterocycles. The van der Waals surface area contributed by atoms with E-state index in [9.17, 15) is 5.11 Å². The molecule has 0 radical (unpaired) electrons. The predicted molar refractivity (Wildman–Crippen MR) is 133 cm³/mol. The van der Waals surface area contributed by atoms with Gasteiger partial charge in [0.2, 0.25) is 0 Å². The van der Waals surface area contributed by atoms with Crippen LogP contribution in [0.15, 0.2) is 24.3 Å². The van der Waals surface area contributed by atoms with Crippen LogP contribution in [0, 0.1) is 11.3 Å². The van der Waals surface area contributed by atoms with E-state index in [1.54, 1.807) is 18.2 Å². The molecule has 0 heterocycles. The van der Waals surface area contributed by atoms with E-state index < -0.39 is 6.10 Å². The third-order valence-electron chi connectivity index (χ3n) is 5.89. The lowest BCUT2D eigenvalue weighted by atomic mass is 10.0. The molecule has 182 valence electrons. The van der Waals surface area contributed by atoms with Gasteiger partial charge in [-0.1, -0.05) is 115 Å². The maximum Gasteiger partial charge on any atom is 0.137 e. The molecule has 0 aliphatic carbocycles. The molecule has 0 bridgehead atoms. The molecule has 1 atom stereocenters. The number of unbranched alkanes of at least 4 members (excludes halogenated alkanes) is 15. The van der Waals surface area contributed by atoms with Crippen LogP contribution in [0.1, 0.15) is 115 Å². The first kappa shape index (κ1) is 28.5. The van der Waals surface area contributed by atoms with Crippen LogP contribution < -0.4 is 4.74 Å². The lowest BCUT2D eigenvalue weighted by molar-refractivity contribution is 0.0109. The van der Waals surface area contributed by atoms with Crippen molar-refractivity contribution in [2.24, 2.45) is 0 Å². The number of para-hydroxylation sites is 1. The van der Waals surface area contributed by atoms with Crippen molar-refractivity contribution in [1.29, 1.82) is 5.26 Å². The second kappa shape index (κ2) is 21.3. The number of ether oxygens (including phenoxy) is 2. The summed E-state index contributed by atoms with van der Waals surface area (Å²) < 4.78 is 11.1. The summed E-state index contributed by atoms with van der Waals surface area (Å²) in [4.78, 5) is 0. The Morgan fingerprint density at radius 1 is 0.750 bits per heavy atom. The van der Waals surface area contributed by atoms with Gasteiger partial charge in [0, 0.05) is 6.61 Å². The minimum Gasteiger partial charge on any atom is -0.489 e. The first-order chi connectivity index (χ1) is 15.8. The maximum atomic E-state index is 9.98. The molecule has 0 fully saturated rings. The highest BCUT2D eigenvalue weighted by Crippen LogP contribution is 2.17. The van der Waals surface area contributed by atoms with Crippen LogP contribution in [-0.2, 0) is 4.74 Å². The topological polar surface area (TPSA) is 62.5 Å². The molecule has 1 N–H and O–H groups in total. The Bertz CT molecular complexity index is 584. The highest BCUT2D eigenvalue weighted by Gasteiger charge is 2.08. The van der Waals surface area contributed by atoms with Crippen LogP contribution in [0.2, 0.25) is 0 Å². The van der Waals surface area contributed by atoms with Gasteiger partial charge in [-0.15, -0.1) is 0 Å². The lowest BCUT2D eigenvalue weighted by Gasteiger charge is -2.13. The van der Waals surface area contributed by atoms with Gasteiger partial charge in [-0.2, -0.15) is 5.26 Å². The van der Waals surface area contributed by atoms with Crippen molar-refractivity contribution in [3.63, 3.8) is 0 Å². The van der Waals surface area contributed by atoms with E-state index in [1.807, 2.05) is 6.07 Å². The third kappa shape index (κ3) is 16.1. The van der Waals surface area contributed by atoms with Gasteiger partial charge >= 0.3 is 0 Å². The van der Waals surface area contributed by atoms with Crippen LogP contribution in [0.4, 0.5) is 0 Å². The summed E-state index contributed by atoms with van der Waals surface area (Å²) in [7, 11) is 0. The molecule has 0 saturated carbocycles. The second-order valence-electron chi connectivity index (χ2n) is 8.95. The first-order valence-electron chi connectivity index (χ1n) is 13.2. The van der Waals surface area contributed by atoms with E-state index in [4.69, 9.17) is 14.7 Å². The Kier molecular flexibility index (Phi) is 18.9. The largest absolute Gasteiger partial charge is 0.489 e. The molecule has 0 aliphatic rings. The minimum absolute atomic E-state index is 0.137. The van der Waals surface area contributed by atoms with E-state index in [0.29, 0.717) is 17.9 Å². The summed E-state index contributed by atoms with van der Waals surface area (Å²) >= 11 is 0. The number of benzene rings is 1. The van der Waals surface area contributed by atoms with Crippen molar-refractivity contribution in [1.82, 2.24) is 0 Å². The molecule has 4 nitrogen and oxygen atoms in total. The summed E-state index contributed by atoms with van der Waals surface area (Å²) in [5.74, 6) is 0.506. The van der Waals surface area contributed by atoms with Crippen molar-refractivity contribution in [2.75, 3.05) is 19.8 Å². The fourth-order valence-corrected chi connectivity index (χ4v) is 3.89. The zero-order valence-corrected chi connectivity index (χ0v) is 20.5. The van der Waals surface area contributed by atoms with Crippen molar-refractivity contribution in [3.05, 3.63) is 29.8 Å². The lowest BCUT2D eigenvalue weighted by Crippen LogP contribution is -2.23. The fourth-order valence-electron chi connectivity index (χ4n) is 3.89. The molecule has 1 aromatic carbocycles. The monoisotopic (exact) mass is 445 g/mol. The Balaban J connectivity index is 1.80. The number of rotatable bonds is 22. The van der Waals surface area contributed by atoms with Gasteiger partial charge in [-0.25, -0.2) is 0 Å². The molecule has 4 heteroatoms.